The van der Waals surface area contributed by atoms with Crippen molar-refractivity contribution in [3.63, 3.8) is 0 Å². The van der Waals surface area contributed by atoms with Gasteiger partial charge in [-0.1, -0.05) is 17.7 Å². The molecule has 0 fully saturated rings. The summed E-state index contributed by atoms with van der Waals surface area (Å²) >= 11 is 5.87. The first kappa shape index (κ1) is 12.7. The van der Waals surface area contributed by atoms with Gasteiger partial charge in [0.2, 0.25) is 0 Å². The summed E-state index contributed by atoms with van der Waals surface area (Å²) in [6, 6.07) is 12.0. The van der Waals surface area contributed by atoms with Crippen LogP contribution in [0.1, 0.15) is 5.56 Å². The van der Waals surface area contributed by atoms with Gasteiger partial charge in [0.25, 0.3) is 0 Å². The van der Waals surface area contributed by atoms with Gasteiger partial charge < -0.3 is 10.6 Å². The van der Waals surface area contributed by atoms with E-state index in [1.165, 1.54) is 6.07 Å². The lowest BCUT2D eigenvalue weighted by molar-refractivity contribution is 0.608. The number of hydrogen-bond donors (Lipinski definition) is 1. The van der Waals surface area contributed by atoms with Crippen LogP contribution in [0.2, 0.25) is 5.02 Å². The van der Waals surface area contributed by atoms with Gasteiger partial charge in [-0.25, -0.2) is 4.39 Å². The number of nitrogens with zero attached hydrogens (tertiary/aromatic N) is 1. The fourth-order valence-corrected chi connectivity index (χ4v) is 1.97. The maximum atomic E-state index is 13.6. The highest BCUT2D eigenvalue weighted by atomic mass is 35.5. The molecule has 0 aliphatic rings. The lowest BCUT2D eigenvalue weighted by atomic mass is 10.2. The molecule has 0 saturated heterocycles. The summed E-state index contributed by atoms with van der Waals surface area (Å²) < 4.78 is 13.6. The lowest BCUT2D eigenvalue weighted by Crippen LogP contribution is -2.17. The van der Waals surface area contributed by atoms with Crippen molar-refractivity contribution in [2.45, 2.75) is 6.54 Å². The molecule has 2 aromatic carbocycles. The van der Waals surface area contributed by atoms with Crippen LogP contribution in [0.25, 0.3) is 0 Å². The molecule has 18 heavy (non-hydrogen) atoms. The third-order valence-corrected chi connectivity index (χ3v) is 2.96. The van der Waals surface area contributed by atoms with Gasteiger partial charge in [0.05, 0.1) is 0 Å². The first-order valence-corrected chi connectivity index (χ1v) is 5.94. The molecule has 0 saturated carbocycles. The molecule has 4 heteroatoms. The average molecular weight is 265 g/mol. The van der Waals surface area contributed by atoms with E-state index in [9.17, 15) is 4.39 Å². The van der Waals surface area contributed by atoms with E-state index in [1.54, 1.807) is 12.1 Å². The van der Waals surface area contributed by atoms with E-state index < -0.39 is 0 Å². The zero-order valence-corrected chi connectivity index (χ0v) is 10.8. The molecule has 2 rings (SSSR count). The maximum Gasteiger partial charge on any atom is 0.128 e. The number of nitrogen functional groups attached to an aromatic ring is 1. The fourth-order valence-electron chi connectivity index (χ4n) is 1.77. The highest BCUT2D eigenvalue weighted by molar-refractivity contribution is 6.30. The molecule has 0 aromatic heterocycles. The summed E-state index contributed by atoms with van der Waals surface area (Å²) in [6.07, 6.45) is 0. The molecule has 0 atom stereocenters. The Labute approximate surface area is 111 Å². The summed E-state index contributed by atoms with van der Waals surface area (Å²) in [5.74, 6) is -0.254. The molecule has 0 spiro atoms. The minimum atomic E-state index is -0.254. The van der Waals surface area contributed by atoms with E-state index >= 15 is 0 Å². The number of rotatable bonds is 3. The van der Waals surface area contributed by atoms with E-state index in [1.807, 2.05) is 36.2 Å². The standard InChI is InChI=1S/C14H14ClFN2/c1-18(13-4-2-3-12(17)8-13)9-10-7-11(15)5-6-14(10)16/h2-8H,9,17H2,1H3. The van der Waals surface area contributed by atoms with Gasteiger partial charge in [-0.15, -0.1) is 0 Å². The smallest absolute Gasteiger partial charge is 0.128 e. The topological polar surface area (TPSA) is 29.3 Å². The Morgan fingerprint density at radius 3 is 2.72 bits per heavy atom. The molecule has 0 radical (unpaired) electrons. The van der Waals surface area contributed by atoms with Crippen LogP contribution in [0.5, 0.6) is 0 Å². The van der Waals surface area contributed by atoms with Crippen molar-refractivity contribution in [3.05, 3.63) is 58.9 Å². The first-order chi connectivity index (χ1) is 8.56. The van der Waals surface area contributed by atoms with Crippen molar-refractivity contribution in [2.75, 3.05) is 17.7 Å². The molecule has 0 aliphatic carbocycles. The number of benzene rings is 2. The molecule has 0 aliphatic heterocycles. The number of nitrogens with two attached hydrogens (primary N) is 1. The van der Waals surface area contributed by atoms with E-state index in [0.29, 0.717) is 22.8 Å². The Hall–Kier alpha value is -1.74. The SMILES string of the molecule is CN(Cc1cc(Cl)ccc1F)c1cccc(N)c1. The van der Waals surface area contributed by atoms with Crippen molar-refractivity contribution in [3.8, 4) is 0 Å². The minimum absolute atomic E-state index is 0.254. The molecule has 2 N–H and O–H groups in total. The van der Waals surface area contributed by atoms with Gasteiger partial charge in [-0.05, 0) is 36.4 Å². The van der Waals surface area contributed by atoms with Gasteiger partial charge in [0, 0.05) is 35.6 Å². The van der Waals surface area contributed by atoms with Crippen LogP contribution in [0, 0.1) is 5.82 Å². The summed E-state index contributed by atoms with van der Waals surface area (Å²) in [6.45, 7) is 0.440. The van der Waals surface area contributed by atoms with E-state index in [-0.39, 0.29) is 5.82 Å². The lowest BCUT2D eigenvalue weighted by Gasteiger charge is -2.20. The Morgan fingerprint density at radius 1 is 1.22 bits per heavy atom. The van der Waals surface area contributed by atoms with Crippen LogP contribution in [0.4, 0.5) is 15.8 Å². The van der Waals surface area contributed by atoms with Crippen LogP contribution < -0.4 is 10.6 Å². The third-order valence-electron chi connectivity index (χ3n) is 2.73. The predicted molar refractivity (Wildman–Crippen MR) is 74.4 cm³/mol. The van der Waals surface area contributed by atoms with E-state index in [0.717, 1.165) is 5.69 Å². The van der Waals surface area contributed by atoms with Gasteiger partial charge in [0.15, 0.2) is 0 Å². The van der Waals surface area contributed by atoms with Crippen LogP contribution in [0.15, 0.2) is 42.5 Å². The normalized spacial score (nSPS) is 10.4. The zero-order valence-electron chi connectivity index (χ0n) is 10.0. The second-order valence-electron chi connectivity index (χ2n) is 4.19. The fraction of sp³-hybridized carbons (Fsp3) is 0.143. The molecular formula is C14H14ClFN2. The van der Waals surface area contributed by atoms with Crippen LogP contribution in [-0.2, 0) is 6.54 Å². The highest BCUT2D eigenvalue weighted by Crippen LogP contribution is 2.21. The van der Waals surface area contributed by atoms with Gasteiger partial charge >= 0.3 is 0 Å². The number of hydrogen-bond acceptors (Lipinski definition) is 2. The van der Waals surface area contributed by atoms with Crippen molar-refractivity contribution >= 4 is 23.0 Å². The highest BCUT2D eigenvalue weighted by Gasteiger charge is 2.07. The largest absolute Gasteiger partial charge is 0.399 e. The monoisotopic (exact) mass is 264 g/mol. The molecule has 0 bridgehead atoms. The van der Waals surface area contributed by atoms with Crippen molar-refractivity contribution in [1.82, 2.24) is 0 Å². The van der Waals surface area contributed by atoms with Gasteiger partial charge in [-0.2, -0.15) is 0 Å². The minimum Gasteiger partial charge on any atom is -0.399 e. The second-order valence-corrected chi connectivity index (χ2v) is 4.62. The third kappa shape index (κ3) is 2.93. The first-order valence-electron chi connectivity index (χ1n) is 5.57. The average Bonchev–Trinajstić information content (AvgIpc) is 2.34. The quantitative estimate of drug-likeness (QED) is 0.857. The summed E-state index contributed by atoms with van der Waals surface area (Å²) in [7, 11) is 1.88. The van der Waals surface area contributed by atoms with E-state index in [2.05, 4.69) is 0 Å². The Kier molecular flexibility index (Phi) is 3.72. The Morgan fingerprint density at radius 2 is 2.00 bits per heavy atom. The van der Waals surface area contributed by atoms with Crippen molar-refractivity contribution in [2.24, 2.45) is 0 Å². The summed E-state index contributed by atoms with van der Waals surface area (Å²) in [5, 5.41) is 0.535. The Bertz CT molecular complexity index is 557. The molecule has 0 heterocycles. The van der Waals surface area contributed by atoms with Gasteiger partial charge in [0.1, 0.15) is 5.82 Å². The Balaban J connectivity index is 2.21. The van der Waals surface area contributed by atoms with Crippen LogP contribution in [-0.4, -0.2) is 7.05 Å². The predicted octanol–water partition coefficient (Wildman–Crippen LogP) is 3.70. The van der Waals surface area contributed by atoms with Gasteiger partial charge in [-0.3, -0.25) is 0 Å². The molecule has 2 nitrogen and oxygen atoms in total. The van der Waals surface area contributed by atoms with Crippen LogP contribution in [0.3, 0.4) is 0 Å². The molecule has 0 unspecified atom stereocenters. The summed E-state index contributed by atoms with van der Waals surface area (Å²) in [4.78, 5) is 1.92. The van der Waals surface area contributed by atoms with Crippen molar-refractivity contribution in [1.29, 1.82) is 0 Å². The van der Waals surface area contributed by atoms with Crippen LogP contribution >= 0.6 is 11.6 Å². The van der Waals surface area contributed by atoms with E-state index in [4.69, 9.17) is 17.3 Å². The molecular weight excluding hydrogens is 251 g/mol. The van der Waals surface area contributed by atoms with Crippen molar-refractivity contribution < 1.29 is 4.39 Å². The number of halogens is 2. The summed E-state index contributed by atoms with van der Waals surface area (Å²) in [5.41, 5.74) is 7.91. The number of anilines is 2. The maximum absolute atomic E-state index is 13.6. The zero-order chi connectivity index (χ0) is 13.1. The molecule has 0 amide bonds. The molecule has 2 aromatic rings. The second kappa shape index (κ2) is 5.27. The molecule has 94 valence electrons.